The number of carboxylic acids is 1. The Labute approximate surface area is 233 Å². The molecule has 1 unspecified atom stereocenters. The van der Waals surface area contributed by atoms with Crippen LogP contribution in [-0.2, 0) is 22.6 Å². The zero-order valence-corrected chi connectivity index (χ0v) is 22.1. The Morgan fingerprint density at radius 1 is 1.12 bits per heavy atom. The number of carboxylic acid groups (broad SMARTS) is 1. The number of benzene rings is 2. The molecule has 214 valence electrons. The van der Waals surface area contributed by atoms with E-state index in [1.54, 1.807) is 31.2 Å². The smallest absolute Gasteiger partial charge is 0.493 e. The van der Waals surface area contributed by atoms with Crippen molar-refractivity contribution in [2.75, 3.05) is 7.11 Å². The van der Waals surface area contributed by atoms with Crippen LogP contribution in [0.1, 0.15) is 29.9 Å². The van der Waals surface area contributed by atoms with Gasteiger partial charge in [0.2, 0.25) is 6.10 Å². The van der Waals surface area contributed by atoms with Crippen molar-refractivity contribution >= 4 is 17.8 Å². The van der Waals surface area contributed by atoms with Gasteiger partial charge in [-0.2, -0.15) is 0 Å². The Bertz CT molecular complexity index is 1490. The number of carbonyl (C=O) groups excluding carboxylic acids is 1. The average Bonchev–Trinajstić information content (AvgIpc) is 3.62. The van der Waals surface area contributed by atoms with Crippen molar-refractivity contribution in [1.82, 2.24) is 4.98 Å². The minimum atomic E-state index is -1.44. The number of rotatable bonds is 13. The first kappa shape index (κ1) is 28.7. The van der Waals surface area contributed by atoms with Gasteiger partial charge in [-0.3, -0.25) is 10.1 Å². The first-order valence-electron chi connectivity index (χ1n) is 12.4. The third kappa shape index (κ3) is 7.62. The highest BCUT2D eigenvalue weighted by Gasteiger charge is 2.23. The molecule has 0 radical (unpaired) electrons. The van der Waals surface area contributed by atoms with Crippen LogP contribution in [0.2, 0.25) is 0 Å². The van der Waals surface area contributed by atoms with Crippen molar-refractivity contribution in [3.63, 3.8) is 0 Å². The summed E-state index contributed by atoms with van der Waals surface area (Å²) in [5, 5.41) is 20.2. The second-order valence-electron chi connectivity index (χ2n) is 8.71. The molecule has 4 aromatic rings. The number of ether oxygens (including phenoxy) is 4. The van der Waals surface area contributed by atoms with Gasteiger partial charge in [-0.25, -0.2) is 14.6 Å². The maximum atomic E-state index is 12.1. The lowest BCUT2D eigenvalue weighted by molar-refractivity contribution is -0.384. The lowest BCUT2D eigenvalue weighted by atomic mass is 10.1. The number of carbonyl (C=O) groups is 2. The number of nitro benzene ring substituents is 1. The molecule has 13 heteroatoms. The van der Waals surface area contributed by atoms with Crippen molar-refractivity contribution in [1.29, 1.82) is 0 Å². The fraction of sp³-hybridized carbons (Fsp3) is 0.250. The number of hydrogen-bond donors (Lipinski definition) is 1. The molecule has 0 saturated heterocycles. The molecule has 0 aliphatic heterocycles. The van der Waals surface area contributed by atoms with E-state index in [2.05, 4.69) is 4.98 Å². The number of nitrogens with zero attached hydrogens (tertiary/aromatic N) is 2. The van der Waals surface area contributed by atoms with Crippen molar-refractivity contribution in [2.45, 2.75) is 38.9 Å². The highest BCUT2D eigenvalue weighted by Crippen LogP contribution is 2.30. The van der Waals surface area contributed by atoms with Crippen molar-refractivity contribution in [3.05, 3.63) is 88.0 Å². The molecule has 0 aliphatic rings. The number of hydrogen-bond acceptors (Lipinski definition) is 11. The Balaban J connectivity index is 1.29. The number of furan rings is 1. The van der Waals surface area contributed by atoms with E-state index < -0.39 is 23.2 Å². The first-order chi connectivity index (χ1) is 19.7. The number of non-ortho nitro benzene ring substituents is 1. The maximum absolute atomic E-state index is 12.1. The van der Waals surface area contributed by atoms with E-state index in [-0.39, 0.29) is 24.5 Å². The number of oxazole rings is 1. The third-order valence-electron chi connectivity index (χ3n) is 5.91. The van der Waals surface area contributed by atoms with E-state index in [1.165, 1.54) is 25.5 Å². The molecule has 2 heterocycles. The second kappa shape index (κ2) is 13.2. The summed E-state index contributed by atoms with van der Waals surface area (Å²) in [5.41, 5.74) is 1.27. The Hall–Kier alpha value is -5.33. The molecular formula is C28H26N2O11. The summed E-state index contributed by atoms with van der Waals surface area (Å²) >= 11 is 0. The van der Waals surface area contributed by atoms with Gasteiger partial charge in [-0.1, -0.05) is 6.07 Å². The topological polar surface area (TPSA) is 174 Å². The van der Waals surface area contributed by atoms with Crippen LogP contribution in [0.3, 0.4) is 0 Å². The Kier molecular flexibility index (Phi) is 9.20. The fourth-order valence-corrected chi connectivity index (χ4v) is 3.80. The maximum Gasteiger partial charge on any atom is 0.514 e. The summed E-state index contributed by atoms with van der Waals surface area (Å²) in [6.07, 6.45) is -0.274. The van der Waals surface area contributed by atoms with Crippen molar-refractivity contribution in [3.8, 4) is 28.9 Å². The van der Waals surface area contributed by atoms with E-state index in [4.69, 9.17) is 27.8 Å². The van der Waals surface area contributed by atoms with Gasteiger partial charge < -0.3 is 32.9 Å². The molecule has 13 nitrogen and oxygen atoms in total. The van der Waals surface area contributed by atoms with Gasteiger partial charge in [0.1, 0.15) is 23.8 Å². The molecule has 0 bridgehead atoms. The van der Waals surface area contributed by atoms with Crippen molar-refractivity contribution in [2.24, 2.45) is 0 Å². The SMILES string of the molecule is COc1cc(CCCC(OC(=O)Oc2ccc([N+](=O)[O-])cc2)C(=O)O)ccc1OCc1nc(-c2ccco2)oc1C. The lowest BCUT2D eigenvalue weighted by Crippen LogP contribution is -2.28. The summed E-state index contributed by atoms with van der Waals surface area (Å²) in [5.74, 6) is 1.08. The number of aromatic nitrogens is 1. The van der Waals surface area contributed by atoms with E-state index >= 15 is 0 Å². The molecule has 0 fully saturated rings. The first-order valence-corrected chi connectivity index (χ1v) is 12.4. The quantitative estimate of drug-likeness (QED) is 0.0902. The molecule has 2 aromatic carbocycles. The second-order valence-corrected chi connectivity index (χ2v) is 8.71. The molecule has 2 aromatic heterocycles. The zero-order valence-electron chi connectivity index (χ0n) is 22.1. The molecule has 1 N–H and O–H groups in total. The van der Waals surface area contributed by atoms with Crippen molar-refractivity contribution < 1.29 is 47.4 Å². The van der Waals surface area contributed by atoms with Crippen LogP contribution in [0.5, 0.6) is 17.2 Å². The highest BCUT2D eigenvalue weighted by atomic mass is 16.7. The van der Waals surface area contributed by atoms with Gasteiger partial charge in [0.05, 0.1) is 18.3 Å². The molecule has 0 aliphatic carbocycles. The molecule has 1 atom stereocenters. The monoisotopic (exact) mass is 566 g/mol. The summed E-state index contributed by atoms with van der Waals surface area (Å²) in [4.78, 5) is 38.2. The minimum absolute atomic E-state index is 0.0178. The van der Waals surface area contributed by atoms with E-state index in [9.17, 15) is 24.8 Å². The van der Waals surface area contributed by atoms with Crippen LogP contribution in [0.25, 0.3) is 11.7 Å². The number of nitro groups is 1. The molecule has 0 amide bonds. The standard InChI is InChI=1S/C28H26N2O11/c1-17-21(29-26(39-17)23-7-4-14-37-23)16-38-22-13-8-18(15-25(22)36-2)5-3-6-24(27(31)32)41-28(33)40-20-11-9-19(10-12-20)30(34)35/h4,7-15,24H,3,5-6,16H2,1-2H3,(H,31,32). The molecular weight excluding hydrogens is 540 g/mol. The summed E-state index contributed by atoms with van der Waals surface area (Å²) < 4.78 is 32.2. The van der Waals surface area contributed by atoms with Crippen LogP contribution < -0.4 is 14.2 Å². The van der Waals surface area contributed by atoms with Gasteiger partial charge in [0.15, 0.2) is 17.3 Å². The Morgan fingerprint density at radius 2 is 1.90 bits per heavy atom. The Morgan fingerprint density at radius 3 is 2.56 bits per heavy atom. The average molecular weight is 567 g/mol. The predicted molar refractivity (Wildman–Crippen MR) is 141 cm³/mol. The van der Waals surface area contributed by atoms with Crippen LogP contribution >= 0.6 is 0 Å². The normalized spacial score (nSPS) is 11.5. The largest absolute Gasteiger partial charge is 0.514 e. The van der Waals surface area contributed by atoms with Gasteiger partial charge in [-0.05, 0) is 68.1 Å². The van der Waals surface area contributed by atoms with Crippen LogP contribution in [0.4, 0.5) is 10.5 Å². The number of methoxy groups -OCH3 is 1. The highest BCUT2D eigenvalue weighted by molar-refractivity contribution is 5.76. The number of aryl methyl sites for hydroxylation is 2. The molecule has 4 rings (SSSR count). The zero-order chi connectivity index (χ0) is 29.4. The summed E-state index contributed by atoms with van der Waals surface area (Å²) in [6, 6.07) is 13.5. The fourth-order valence-electron chi connectivity index (χ4n) is 3.80. The van der Waals surface area contributed by atoms with Gasteiger partial charge in [0, 0.05) is 12.1 Å². The molecule has 0 saturated carbocycles. The minimum Gasteiger partial charge on any atom is -0.493 e. The van der Waals surface area contributed by atoms with Crippen LogP contribution in [0, 0.1) is 17.0 Å². The van der Waals surface area contributed by atoms with Gasteiger partial charge >= 0.3 is 12.1 Å². The van der Waals surface area contributed by atoms with E-state index in [0.29, 0.717) is 47.4 Å². The molecule has 41 heavy (non-hydrogen) atoms. The molecule has 0 spiro atoms. The van der Waals surface area contributed by atoms with E-state index in [0.717, 1.165) is 17.7 Å². The van der Waals surface area contributed by atoms with Crippen LogP contribution in [-0.4, -0.2) is 40.4 Å². The van der Waals surface area contributed by atoms with Gasteiger partial charge in [-0.15, -0.1) is 0 Å². The lowest BCUT2D eigenvalue weighted by Gasteiger charge is -2.14. The van der Waals surface area contributed by atoms with Gasteiger partial charge in [0.25, 0.3) is 11.6 Å². The van der Waals surface area contributed by atoms with Crippen LogP contribution in [0.15, 0.2) is 69.7 Å². The number of aliphatic carboxylic acids is 1. The summed E-state index contributed by atoms with van der Waals surface area (Å²) in [7, 11) is 1.51. The third-order valence-corrected chi connectivity index (χ3v) is 5.91. The predicted octanol–water partition coefficient (Wildman–Crippen LogP) is 5.73. The van der Waals surface area contributed by atoms with E-state index in [1.807, 2.05) is 6.07 Å². The summed E-state index contributed by atoms with van der Waals surface area (Å²) in [6.45, 7) is 1.92.